The Kier molecular flexibility index (Phi) is 3.31. The van der Waals surface area contributed by atoms with Gasteiger partial charge >= 0.3 is 5.69 Å². The molecular formula is C16H16N4O. The van der Waals surface area contributed by atoms with Gasteiger partial charge in [-0.1, -0.05) is 35.9 Å². The van der Waals surface area contributed by atoms with Crippen molar-refractivity contribution in [2.24, 2.45) is 0 Å². The van der Waals surface area contributed by atoms with Gasteiger partial charge in [-0.25, -0.2) is 14.5 Å². The third-order valence-electron chi connectivity index (χ3n) is 3.30. The number of hydrogen-bond acceptors (Lipinski definition) is 3. The summed E-state index contributed by atoms with van der Waals surface area (Å²) in [5.74, 6) is 0.471. The van der Waals surface area contributed by atoms with Crippen molar-refractivity contribution >= 4 is 11.6 Å². The number of H-pyrrole nitrogens is 1. The Morgan fingerprint density at radius 2 is 1.86 bits per heavy atom. The van der Waals surface area contributed by atoms with Crippen molar-refractivity contribution in [3.8, 4) is 5.69 Å². The number of anilines is 2. The van der Waals surface area contributed by atoms with Gasteiger partial charge in [0.1, 0.15) is 0 Å². The zero-order valence-electron chi connectivity index (χ0n) is 11.9. The molecule has 3 aromatic rings. The van der Waals surface area contributed by atoms with Crippen LogP contribution < -0.4 is 11.0 Å². The molecule has 5 nitrogen and oxygen atoms in total. The van der Waals surface area contributed by atoms with E-state index in [4.69, 9.17) is 0 Å². The van der Waals surface area contributed by atoms with Crippen molar-refractivity contribution in [1.29, 1.82) is 0 Å². The van der Waals surface area contributed by atoms with E-state index >= 15 is 0 Å². The fourth-order valence-corrected chi connectivity index (χ4v) is 2.31. The second kappa shape index (κ2) is 5.28. The van der Waals surface area contributed by atoms with Crippen LogP contribution in [-0.4, -0.2) is 14.8 Å². The first kappa shape index (κ1) is 13.2. The van der Waals surface area contributed by atoms with Crippen LogP contribution in [0.3, 0.4) is 0 Å². The quantitative estimate of drug-likeness (QED) is 0.775. The fraction of sp³-hybridized carbons (Fsp3) is 0.125. The average molecular weight is 280 g/mol. The van der Waals surface area contributed by atoms with E-state index in [1.54, 1.807) is 4.57 Å². The minimum Gasteiger partial charge on any atom is -0.324 e. The molecule has 0 aliphatic rings. The lowest BCUT2D eigenvalue weighted by Crippen LogP contribution is -2.17. The molecule has 0 fully saturated rings. The van der Waals surface area contributed by atoms with Gasteiger partial charge in [0.2, 0.25) is 5.95 Å². The Balaban J connectivity index is 2.07. The molecule has 0 spiro atoms. The summed E-state index contributed by atoms with van der Waals surface area (Å²) in [6, 6.07) is 15.6. The molecule has 0 unspecified atom stereocenters. The average Bonchev–Trinajstić information content (AvgIpc) is 2.81. The second-order valence-corrected chi connectivity index (χ2v) is 4.97. The number of para-hydroxylation sites is 1. The molecule has 2 N–H and O–H groups in total. The Morgan fingerprint density at radius 3 is 2.57 bits per heavy atom. The van der Waals surface area contributed by atoms with E-state index in [1.165, 1.54) is 0 Å². The summed E-state index contributed by atoms with van der Waals surface area (Å²) in [6.45, 7) is 4.01. The van der Waals surface area contributed by atoms with Crippen LogP contribution in [0.2, 0.25) is 0 Å². The van der Waals surface area contributed by atoms with Gasteiger partial charge in [-0.05, 0) is 37.6 Å². The van der Waals surface area contributed by atoms with Gasteiger partial charge in [0, 0.05) is 5.69 Å². The van der Waals surface area contributed by atoms with E-state index in [0.717, 1.165) is 22.5 Å². The van der Waals surface area contributed by atoms with Gasteiger partial charge in [-0.15, -0.1) is 5.10 Å². The lowest BCUT2D eigenvalue weighted by atomic mass is 10.1. The number of aromatic amines is 1. The summed E-state index contributed by atoms with van der Waals surface area (Å²) >= 11 is 0. The molecule has 0 atom stereocenters. The van der Waals surface area contributed by atoms with Crippen LogP contribution in [0.25, 0.3) is 5.69 Å². The van der Waals surface area contributed by atoms with E-state index in [0.29, 0.717) is 5.95 Å². The Bertz CT molecular complexity index is 818. The summed E-state index contributed by atoms with van der Waals surface area (Å²) in [6.07, 6.45) is 0. The smallest absolute Gasteiger partial charge is 0.324 e. The van der Waals surface area contributed by atoms with Crippen LogP contribution in [0.1, 0.15) is 11.1 Å². The van der Waals surface area contributed by atoms with Crippen molar-refractivity contribution < 1.29 is 0 Å². The number of nitrogens with zero attached hydrogens (tertiary/aromatic N) is 2. The molecule has 0 saturated carbocycles. The van der Waals surface area contributed by atoms with Crippen LogP contribution in [0, 0.1) is 13.8 Å². The first-order valence-electron chi connectivity index (χ1n) is 6.72. The first-order chi connectivity index (χ1) is 10.1. The number of aromatic nitrogens is 3. The Labute approximate surface area is 122 Å². The highest BCUT2D eigenvalue weighted by Gasteiger charge is 2.12. The second-order valence-electron chi connectivity index (χ2n) is 4.97. The number of aryl methyl sites for hydroxylation is 2. The predicted octanol–water partition coefficient (Wildman–Crippen LogP) is 2.92. The van der Waals surface area contributed by atoms with Gasteiger partial charge < -0.3 is 5.32 Å². The van der Waals surface area contributed by atoms with Gasteiger partial charge in [0.25, 0.3) is 0 Å². The van der Waals surface area contributed by atoms with E-state index in [2.05, 4.69) is 15.5 Å². The molecule has 0 bridgehead atoms. The van der Waals surface area contributed by atoms with E-state index in [-0.39, 0.29) is 5.69 Å². The number of nitrogens with one attached hydrogen (secondary N) is 2. The van der Waals surface area contributed by atoms with Gasteiger partial charge in [-0.2, -0.15) is 0 Å². The minimum atomic E-state index is -0.264. The third kappa shape index (κ3) is 2.58. The van der Waals surface area contributed by atoms with Crippen LogP contribution in [0.15, 0.2) is 53.3 Å². The highest BCUT2D eigenvalue weighted by Crippen LogP contribution is 2.19. The Morgan fingerprint density at radius 1 is 1.10 bits per heavy atom. The largest absolute Gasteiger partial charge is 0.349 e. The molecule has 0 aliphatic heterocycles. The first-order valence-corrected chi connectivity index (χ1v) is 6.72. The van der Waals surface area contributed by atoms with Gasteiger partial charge in [0.05, 0.1) is 5.69 Å². The molecule has 1 heterocycles. The fourth-order valence-electron chi connectivity index (χ4n) is 2.31. The molecule has 0 radical (unpaired) electrons. The third-order valence-corrected chi connectivity index (χ3v) is 3.30. The maximum absolute atomic E-state index is 12.1. The molecule has 0 aliphatic carbocycles. The molecular weight excluding hydrogens is 264 g/mol. The zero-order valence-corrected chi connectivity index (χ0v) is 11.9. The standard InChI is InChI=1S/C16H16N4O/c1-11-8-9-14(12(2)10-11)20-15(18-19-16(20)21)17-13-6-4-3-5-7-13/h3-10H,1-2H3,(H,17,18)(H,19,21). The maximum Gasteiger partial charge on any atom is 0.349 e. The molecule has 5 heteroatoms. The number of rotatable bonds is 3. The summed E-state index contributed by atoms with van der Waals surface area (Å²) in [5, 5.41) is 9.71. The number of hydrogen-bond donors (Lipinski definition) is 2. The van der Waals surface area contributed by atoms with Gasteiger partial charge in [-0.3, -0.25) is 0 Å². The summed E-state index contributed by atoms with van der Waals surface area (Å²) in [7, 11) is 0. The minimum absolute atomic E-state index is 0.264. The van der Waals surface area contributed by atoms with Crippen LogP contribution >= 0.6 is 0 Å². The topological polar surface area (TPSA) is 62.7 Å². The monoisotopic (exact) mass is 280 g/mol. The number of benzene rings is 2. The molecule has 0 saturated heterocycles. The molecule has 2 aromatic carbocycles. The van der Waals surface area contributed by atoms with E-state index in [1.807, 2.05) is 62.4 Å². The predicted molar refractivity (Wildman–Crippen MR) is 83.4 cm³/mol. The highest BCUT2D eigenvalue weighted by atomic mass is 16.1. The molecule has 0 amide bonds. The van der Waals surface area contributed by atoms with Crippen molar-refractivity contribution in [3.63, 3.8) is 0 Å². The van der Waals surface area contributed by atoms with Crippen LogP contribution in [0.5, 0.6) is 0 Å². The SMILES string of the molecule is Cc1ccc(-n2c(Nc3ccccc3)n[nH]c2=O)c(C)c1. The highest BCUT2D eigenvalue weighted by molar-refractivity contribution is 5.56. The van der Waals surface area contributed by atoms with Crippen molar-refractivity contribution in [1.82, 2.24) is 14.8 Å². The summed E-state index contributed by atoms with van der Waals surface area (Å²) in [5.41, 5.74) is 3.61. The molecule has 106 valence electrons. The van der Waals surface area contributed by atoms with Crippen LogP contribution in [0.4, 0.5) is 11.6 Å². The van der Waals surface area contributed by atoms with Crippen molar-refractivity contribution in [2.75, 3.05) is 5.32 Å². The molecule has 3 rings (SSSR count). The lowest BCUT2D eigenvalue weighted by molar-refractivity contribution is 0.974. The normalized spacial score (nSPS) is 10.6. The van der Waals surface area contributed by atoms with Crippen LogP contribution in [-0.2, 0) is 0 Å². The van der Waals surface area contributed by atoms with Crippen molar-refractivity contribution in [3.05, 3.63) is 70.1 Å². The van der Waals surface area contributed by atoms with Crippen molar-refractivity contribution in [2.45, 2.75) is 13.8 Å². The molecule has 1 aromatic heterocycles. The maximum atomic E-state index is 12.1. The van der Waals surface area contributed by atoms with E-state index in [9.17, 15) is 4.79 Å². The van der Waals surface area contributed by atoms with E-state index < -0.39 is 0 Å². The molecule has 21 heavy (non-hydrogen) atoms. The zero-order chi connectivity index (χ0) is 14.8. The Hall–Kier alpha value is -2.82. The summed E-state index contributed by atoms with van der Waals surface area (Å²) < 4.78 is 1.54. The van der Waals surface area contributed by atoms with Gasteiger partial charge in [0.15, 0.2) is 0 Å². The lowest BCUT2D eigenvalue weighted by Gasteiger charge is -2.11. The summed E-state index contributed by atoms with van der Waals surface area (Å²) in [4.78, 5) is 12.1.